The molecule has 0 saturated carbocycles. The second-order valence-corrected chi connectivity index (χ2v) is 1.99. The van der Waals surface area contributed by atoms with E-state index in [4.69, 9.17) is 17.3 Å². The molecule has 0 unspecified atom stereocenters. The highest BCUT2D eigenvalue weighted by Gasteiger charge is 1.94. The van der Waals surface area contributed by atoms with Crippen molar-refractivity contribution >= 4 is 17.1 Å². The number of anilines is 3. The lowest BCUT2D eigenvalue weighted by molar-refractivity contribution is 1.35. The molecule has 7 N–H and O–H groups in total. The first-order valence-electron chi connectivity index (χ1n) is 2.85. The second kappa shape index (κ2) is 2.45. The molecule has 10 heavy (non-hydrogen) atoms. The lowest BCUT2D eigenvalue weighted by Gasteiger charge is -2.03. The molecule has 4 heteroatoms. The first kappa shape index (κ1) is 6.70. The molecule has 54 valence electrons. The number of hydrazine groups is 1. The van der Waals surface area contributed by atoms with E-state index in [-0.39, 0.29) is 0 Å². The van der Waals surface area contributed by atoms with E-state index in [0.717, 1.165) is 0 Å². The summed E-state index contributed by atoms with van der Waals surface area (Å²) in [4.78, 5) is 0. The van der Waals surface area contributed by atoms with Gasteiger partial charge >= 0.3 is 0 Å². The van der Waals surface area contributed by atoms with Gasteiger partial charge in [-0.2, -0.15) is 0 Å². The normalized spacial score (nSPS) is 9.30. The van der Waals surface area contributed by atoms with Gasteiger partial charge in [0.2, 0.25) is 0 Å². The predicted octanol–water partition coefficient (Wildman–Crippen LogP) is 0.137. The third-order valence-electron chi connectivity index (χ3n) is 1.23. The number of rotatable bonds is 1. The van der Waals surface area contributed by atoms with Crippen LogP contribution in [0.1, 0.15) is 0 Å². The molecule has 0 atom stereocenters. The van der Waals surface area contributed by atoms with Crippen LogP contribution in [0.5, 0.6) is 0 Å². The highest BCUT2D eigenvalue weighted by atomic mass is 15.2. The van der Waals surface area contributed by atoms with E-state index in [2.05, 4.69) is 5.43 Å². The Morgan fingerprint density at radius 2 is 1.90 bits per heavy atom. The van der Waals surface area contributed by atoms with Crippen LogP contribution in [0.3, 0.4) is 0 Å². The van der Waals surface area contributed by atoms with Gasteiger partial charge in [-0.25, -0.2) is 0 Å². The Morgan fingerprint density at radius 3 is 2.40 bits per heavy atom. The van der Waals surface area contributed by atoms with Gasteiger partial charge in [-0.3, -0.25) is 5.84 Å². The Hall–Kier alpha value is -1.42. The highest BCUT2D eigenvalue weighted by Crippen LogP contribution is 2.19. The number of hydrogen-bond acceptors (Lipinski definition) is 4. The van der Waals surface area contributed by atoms with Crippen LogP contribution in [0.15, 0.2) is 18.2 Å². The minimum atomic E-state index is 0.594. The van der Waals surface area contributed by atoms with Crippen LogP contribution in [-0.4, -0.2) is 0 Å². The van der Waals surface area contributed by atoms with Crippen LogP contribution in [0, 0.1) is 0 Å². The van der Waals surface area contributed by atoms with E-state index >= 15 is 0 Å². The maximum absolute atomic E-state index is 5.50. The Bertz CT molecular complexity index is 233. The Balaban J connectivity index is 3.09. The van der Waals surface area contributed by atoms with Crippen molar-refractivity contribution in [3.63, 3.8) is 0 Å². The maximum atomic E-state index is 5.50. The molecule has 0 bridgehead atoms. The number of nitrogens with two attached hydrogens (primary N) is 3. The van der Waals surface area contributed by atoms with Gasteiger partial charge in [0.05, 0.1) is 11.4 Å². The minimum absolute atomic E-state index is 0.594. The van der Waals surface area contributed by atoms with E-state index in [1.807, 2.05) is 0 Å². The summed E-state index contributed by atoms with van der Waals surface area (Å²) in [6.07, 6.45) is 0. The first-order valence-corrected chi connectivity index (χ1v) is 2.85. The molecular weight excluding hydrogens is 128 g/mol. The van der Waals surface area contributed by atoms with Crippen molar-refractivity contribution in [1.82, 2.24) is 0 Å². The summed E-state index contributed by atoms with van der Waals surface area (Å²) in [6, 6.07) is 5.09. The molecule has 1 aromatic rings. The van der Waals surface area contributed by atoms with Crippen molar-refractivity contribution in [2.75, 3.05) is 16.9 Å². The zero-order chi connectivity index (χ0) is 7.56. The van der Waals surface area contributed by atoms with Gasteiger partial charge < -0.3 is 16.9 Å². The zero-order valence-electron chi connectivity index (χ0n) is 5.46. The summed E-state index contributed by atoms with van der Waals surface area (Å²) < 4.78 is 0. The number of nitrogens with one attached hydrogen (secondary N) is 1. The van der Waals surface area contributed by atoms with Crippen molar-refractivity contribution in [3.05, 3.63) is 18.2 Å². The zero-order valence-corrected chi connectivity index (χ0v) is 5.46. The van der Waals surface area contributed by atoms with E-state index in [1.54, 1.807) is 18.2 Å². The quantitative estimate of drug-likeness (QED) is 0.252. The van der Waals surface area contributed by atoms with E-state index in [1.165, 1.54) is 0 Å². The van der Waals surface area contributed by atoms with Gasteiger partial charge in [0, 0.05) is 5.69 Å². The SMILES string of the molecule is NNc1cc(N)ccc1N. The summed E-state index contributed by atoms with van der Waals surface area (Å²) in [6.45, 7) is 0. The van der Waals surface area contributed by atoms with Crippen molar-refractivity contribution in [2.45, 2.75) is 0 Å². The number of benzene rings is 1. The van der Waals surface area contributed by atoms with Crippen molar-refractivity contribution in [1.29, 1.82) is 0 Å². The molecule has 0 aliphatic carbocycles. The molecule has 0 fully saturated rings. The molecule has 1 rings (SSSR count). The van der Waals surface area contributed by atoms with Gasteiger partial charge in [-0.1, -0.05) is 0 Å². The second-order valence-electron chi connectivity index (χ2n) is 1.99. The average Bonchev–Trinajstić information content (AvgIpc) is 1.94. The standard InChI is InChI=1S/C6H10N4/c7-4-1-2-5(8)6(3-4)10-9/h1-3,10H,7-9H2. The molecule has 1 aromatic carbocycles. The van der Waals surface area contributed by atoms with Crippen LogP contribution in [0.4, 0.5) is 17.1 Å². The van der Waals surface area contributed by atoms with Crippen LogP contribution in [0.2, 0.25) is 0 Å². The van der Waals surface area contributed by atoms with Crippen LogP contribution < -0.4 is 22.7 Å². The Kier molecular flexibility index (Phi) is 1.64. The predicted molar refractivity (Wildman–Crippen MR) is 43.1 cm³/mol. The summed E-state index contributed by atoms with van der Waals surface area (Å²) in [5.41, 5.74) is 15.3. The smallest absolute Gasteiger partial charge is 0.0736 e. The van der Waals surface area contributed by atoms with E-state index in [0.29, 0.717) is 17.1 Å². The van der Waals surface area contributed by atoms with Crippen molar-refractivity contribution in [2.24, 2.45) is 5.84 Å². The topological polar surface area (TPSA) is 90.1 Å². The van der Waals surface area contributed by atoms with E-state index in [9.17, 15) is 0 Å². The lowest BCUT2D eigenvalue weighted by Crippen LogP contribution is -2.09. The van der Waals surface area contributed by atoms with Crippen LogP contribution >= 0.6 is 0 Å². The summed E-state index contributed by atoms with van der Waals surface area (Å²) >= 11 is 0. The van der Waals surface area contributed by atoms with Crippen molar-refractivity contribution < 1.29 is 0 Å². The summed E-state index contributed by atoms with van der Waals surface area (Å²) in [7, 11) is 0. The molecule has 0 aromatic heterocycles. The molecule has 4 nitrogen and oxygen atoms in total. The van der Waals surface area contributed by atoms with Crippen LogP contribution in [-0.2, 0) is 0 Å². The summed E-state index contributed by atoms with van der Waals surface area (Å²) in [5, 5.41) is 0. The average molecular weight is 138 g/mol. The third-order valence-corrected chi connectivity index (χ3v) is 1.23. The van der Waals surface area contributed by atoms with Gasteiger partial charge in [-0.15, -0.1) is 0 Å². The first-order chi connectivity index (χ1) is 4.74. The Labute approximate surface area is 59.0 Å². The largest absolute Gasteiger partial charge is 0.399 e. The highest BCUT2D eigenvalue weighted by molar-refractivity contribution is 5.70. The fraction of sp³-hybridized carbons (Fsp3) is 0. The van der Waals surface area contributed by atoms with E-state index < -0.39 is 0 Å². The molecule has 0 aliphatic heterocycles. The van der Waals surface area contributed by atoms with Gasteiger partial charge in [0.25, 0.3) is 0 Å². The summed E-state index contributed by atoms with van der Waals surface area (Å²) in [5.74, 6) is 5.13. The maximum Gasteiger partial charge on any atom is 0.0736 e. The van der Waals surface area contributed by atoms with Gasteiger partial charge in [-0.05, 0) is 18.2 Å². The molecular formula is C6H10N4. The fourth-order valence-corrected chi connectivity index (χ4v) is 0.699. The molecule has 0 saturated heterocycles. The monoisotopic (exact) mass is 138 g/mol. The van der Waals surface area contributed by atoms with Crippen molar-refractivity contribution in [3.8, 4) is 0 Å². The fourth-order valence-electron chi connectivity index (χ4n) is 0.699. The van der Waals surface area contributed by atoms with Gasteiger partial charge in [0.1, 0.15) is 0 Å². The Morgan fingerprint density at radius 1 is 1.20 bits per heavy atom. The molecule has 0 amide bonds. The molecule has 0 aliphatic rings. The van der Waals surface area contributed by atoms with Gasteiger partial charge in [0.15, 0.2) is 0 Å². The molecule has 0 radical (unpaired) electrons. The van der Waals surface area contributed by atoms with Crippen LogP contribution in [0.25, 0.3) is 0 Å². The minimum Gasteiger partial charge on any atom is -0.399 e. The number of hydrogen-bond donors (Lipinski definition) is 4. The molecule has 0 spiro atoms. The lowest BCUT2D eigenvalue weighted by atomic mass is 10.2. The third kappa shape index (κ3) is 1.11. The number of nitrogen functional groups attached to an aromatic ring is 3. The molecule has 0 heterocycles.